The van der Waals surface area contributed by atoms with Gasteiger partial charge in [0, 0.05) is 5.56 Å². The summed E-state index contributed by atoms with van der Waals surface area (Å²) >= 11 is 1.54. The number of aromatic nitrogens is 1. The van der Waals surface area contributed by atoms with Crippen LogP contribution >= 0.6 is 11.3 Å². The topological polar surface area (TPSA) is 42.4 Å². The molecule has 0 fully saturated rings. The summed E-state index contributed by atoms with van der Waals surface area (Å²) < 4.78 is 5.36. The number of hydrogen-bond donors (Lipinski definition) is 1. The van der Waals surface area contributed by atoms with Crippen LogP contribution in [0, 0.1) is 20.8 Å². The van der Waals surface area contributed by atoms with Crippen LogP contribution in [0.4, 0.5) is 0 Å². The SMILES string of the molecule is COc1c(C)cc(-c2nc(C)c(CO)s2)cc1C. The lowest BCUT2D eigenvalue weighted by Gasteiger charge is -2.09. The van der Waals surface area contributed by atoms with Gasteiger partial charge in [-0.25, -0.2) is 4.98 Å². The van der Waals surface area contributed by atoms with Crippen molar-refractivity contribution in [1.29, 1.82) is 0 Å². The largest absolute Gasteiger partial charge is 0.496 e. The normalized spacial score (nSPS) is 10.7. The Morgan fingerprint density at radius 3 is 2.28 bits per heavy atom. The van der Waals surface area contributed by atoms with Crippen LogP contribution in [-0.4, -0.2) is 17.2 Å². The van der Waals surface area contributed by atoms with Crippen molar-refractivity contribution in [3.8, 4) is 16.3 Å². The molecule has 0 unspecified atom stereocenters. The molecule has 0 amide bonds. The number of hydrogen-bond acceptors (Lipinski definition) is 4. The van der Waals surface area contributed by atoms with E-state index in [0.29, 0.717) is 0 Å². The maximum Gasteiger partial charge on any atom is 0.124 e. The van der Waals surface area contributed by atoms with Crippen LogP contribution in [0.1, 0.15) is 21.7 Å². The van der Waals surface area contributed by atoms with E-state index in [1.165, 1.54) is 0 Å². The lowest BCUT2D eigenvalue weighted by molar-refractivity contribution is 0.284. The summed E-state index contributed by atoms with van der Waals surface area (Å²) in [5, 5.41) is 10.2. The van der Waals surface area contributed by atoms with Crippen molar-refractivity contribution in [2.24, 2.45) is 0 Å². The van der Waals surface area contributed by atoms with Crippen molar-refractivity contribution >= 4 is 11.3 Å². The molecule has 0 saturated heterocycles. The van der Waals surface area contributed by atoms with Gasteiger partial charge in [0.2, 0.25) is 0 Å². The van der Waals surface area contributed by atoms with E-state index in [4.69, 9.17) is 4.74 Å². The minimum absolute atomic E-state index is 0.0532. The van der Waals surface area contributed by atoms with Crippen LogP contribution < -0.4 is 4.74 Å². The van der Waals surface area contributed by atoms with Gasteiger partial charge < -0.3 is 9.84 Å². The van der Waals surface area contributed by atoms with Gasteiger partial charge in [0.15, 0.2) is 0 Å². The summed E-state index contributed by atoms with van der Waals surface area (Å²) in [5.74, 6) is 0.925. The zero-order valence-corrected chi connectivity index (χ0v) is 11.9. The third-order valence-electron chi connectivity index (χ3n) is 2.95. The van der Waals surface area contributed by atoms with E-state index in [2.05, 4.69) is 17.1 Å². The number of benzene rings is 1. The molecule has 0 spiro atoms. The summed E-state index contributed by atoms with van der Waals surface area (Å²) in [6.07, 6.45) is 0. The number of aliphatic hydroxyl groups excluding tert-OH is 1. The van der Waals surface area contributed by atoms with Crippen LogP contribution in [0.5, 0.6) is 5.75 Å². The molecule has 2 aromatic rings. The van der Waals surface area contributed by atoms with Crippen molar-refractivity contribution < 1.29 is 9.84 Å². The standard InChI is InChI=1S/C14H17NO2S/c1-8-5-11(6-9(2)13(8)17-4)14-15-10(3)12(7-16)18-14/h5-6,16H,7H2,1-4H3. The first-order valence-corrected chi connectivity index (χ1v) is 6.61. The zero-order valence-electron chi connectivity index (χ0n) is 11.1. The summed E-state index contributed by atoms with van der Waals surface area (Å²) in [5.41, 5.74) is 4.19. The van der Waals surface area contributed by atoms with E-state index < -0.39 is 0 Å². The molecule has 0 bridgehead atoms. The Hall–Kier alpha value is -1.39. The molecule has 1 aromatic heterocycles. The molecule has 0 aliphatic heterocycles. The van der Waals surface area contributed by atoms with Crippen molar-refractivity contribution in [1.82, 2.24) is 4.98 Å². The van der Waals surface area contributed by atoms with Gasteiger partial charge in [0.05, 0.1) is 24.3 Å². The molecule has 1 aromatic carbocycles. The minimum Gasteiger partial charge on any atom is -0.496 e. The lowest BCUT2D eigenvalue weighted by atomic mass is 10.1. The Morgan fingerprint density at radius 2 is 1.83 bits per heavy atom. The predicted octanol–water partition coefficient (Wildman–Crippen LogP) is 3.24. The molecule has 1 N–H and O–H groups in total. The summed E-state index contributed by atoms with van der Waals surface area (Å²) in [4.78, 5) is 5.43. The second-order valence-electron chi connectivity index (χ2n) is 4.33. The molecule has 0 saturated carbocycles. The van der Waals surface area contributed by atoms with E-state index >= 15 is 0 Å². The molecule has 1 heterocycles. The van der Waals surface area contributed by atoms with Crippen molar-refractivity contribution in [3.63, 3.8) is 0 Å². The monoisotopic (exact) mass is 263 g/mol. The Labute approximate surface area is 111 Å². The number of methoxy groups -OCH3 is 1. The van der Waals surface area contributed by atoms with Crippen molar-refractivity contribution in [3.05, 3.63) is 33.8 Å². The highest BCUT2D eigenvalue weighted by Gasteiger charge is 2.12. The Kier molecular flexibility index (Phi) is 3.68. The average molecular weight is 263 g/mol. The molecule has 18 heavy (non-hydrogen) atoms. The van der Waals surface area contributed by atoms with E-state index in [9.17, 15) is 5.11 Å². The Morgan fingerprint density at radius 1 is 1.22 bits per heavy atom. The van der Waals surface area contributed by atoms with Gasteiger partial charge in [0.1, 0.15) is 10.8 Å². The first-order valence-electron chi connectivity index (χ1n) is 5.79. The molecule has 0 atom stereocenters. The molecule has 0 aliphatic carbocycles. The molecule has 4 heteroatoms. The summed E-state index contributed by atoms with van der Waals surface area (Å²) in [7, 11) is 1.69. The van der Waals surface area contributed by atoms with Crippen LogP contribution in [0.15, 0.2) is 12.1 Å². The van der Waals surface area contributed by atoms with Gasteiger partial charge in [-0.1, -0.05) is 0 Å². The van der Waals surface area contributed by atoms with E-state index in [0.717, 1.165) is 38.0 Å². The highest BCUT2D eigenvalue weighted by molar-refractivity contribution is 7.15. The van der Waals surface area contributed by atoms with Gasteiger partial charge in [-0.15, -0.1) is 11.3 Å². The van der Waals surface area contributed by atoms with Crippen LogP contribution in [-0.2, 0) is 6.61 Å². The predicted molar refractivity (Wildman–Crippen MR) is 74.2 cm³/mol. The molecular weight excluding hydrogens is 246 g/mol. The van der Waals surface area contributed by atoms with Crippen molar-refractivity contribution in [2.45, 2.75) is 27.4 Å². The molecular formula is C14H17NO2S. The van der Waals surface area contributed by atoms with Gasteiger partial charge in [-0.2, -0.15) is 0 Å². The molecule has 0 radical (unpaired) electrons. The van der Waals surface area contributed by atoms with Gasteiger partial charge >= 0.3 is 0 Å². The fourth-order valence-corrected chi connectivity index (χ4v) is 3.00. The third kappa shape index (κ3) is 2.26. The fraction of sp³-hybridized carbons (Fsp3) is 0.357. The molecule has 96 valence electrons. The quantitative estimate of drug-likeness (QED) is 0.924. The second kappa shape index (κ2) is 5.08. The van der Waals surface area contributed by atoms with Gasteiger partial charge in [-0.3, -0.25) is 0 Å². The number of nitrogens with zero attached hydrogens (tertiary/aromatic N) is 1. The number of thiazole rings is 1. The van der Waals surface area contributed by atoms with E-state index in [1.807, 2.05) is 20.8 Å². The van der Waals surface area contributed by atoms with Crippen LogP contribution in [0.3, 0.4) is 0 Å². The number of aryl methyl sites for hydroxylation is 3. The molecule has 0 aliphatic rings. The van der Waals surface area contributed by atoms with E-state index in [-0.39, 0.29) is 6.61 Å². The fourth-order valence-electron chi connectivity index (χ4n) is 2.09. The maximum atomic E-state index is 9.22. The summed E-state index contributed by atoms with van der Waals surface area (Å²) in [6, 6.07) is 4.15. The highest BCUT2D eigenvalue weighted by atomic mass is 32.1. The molecule has 2 rings (SSSR count). The lowest BCUT2D eigenvalue weighted by Crippen LogP contribution is -1.92. The van der Waals surface area contributed by atoms with Crippen LogP contribution in [0.25, 0.3) is 10.6 Å². The number of rotatable bonds is 3. The first kappa shape index (κ1) is 13.1. The third-order valence-corrected chi connectivity index (χ3v) is 4.14. The summed E-state index contributed by atoms with van der Waals surface area (Å²) in [6.45, 7) is 6.04. The van der Waals surface area contributed by atoms with Crippen molar-refractivity contribution in [2.75, 3.05) is 7.11 Å². The number of ether oxygens (including phenoxy) is 1. The van der Waals surface area contributed by atoms with Gasteiger partial charge in [-0.05, 0) is 44.0 Å². The van der Waals surface area contributed by atoms with Gasteiger partial charge in [0.25, 0.3) is 0 Å². The maximum absolute atomic E-state index is 9.22. The average Bonchev–Trinajstić information content (AvgIpc) is 2.70. The number of aliphatic hydroxyl groups is 1. The smallest absolute Gasteiger partial charge is 0.124 e. The highest BCUT2D eigenvalue weighted by Crippen LogP contribution is 2.33. The first-order chi connectivity index (χ1) is 8.56. The zero-order chi connectivity index (χ0) is 13.3. The van der Waals surface area contributed by atoms with E-state index in [1.54, 1.807) is 18.4 Å². The minimum atomic E-state index is 0.0532. The Bertz CT molecular complexity index is 552. The Balaban J connectivity index is 2.51. The molecule has 3 nitrogen and oxygen atoms in total. The second-order valence-corrected chi connectivity index (χ2v) is 5.41. The van der Waals surface area contributed by atoms with Crippen LogP contribution in [0.2, 0.25) is 0 Å².